The maximum absolute atomic E-state index is 12.7. The van der Waals surface area contributed by atoms with Gasteiger partial charge >= 0.3 is 0 Å². The fourth-order valence-electron chi connectivity index (χ4n) is 3.69. The molecule has 0 atom stereocenters. The van der Waals surface area contributed by atoms with Gasteiger partial charge < -0.3 is 4.90 Å². The zero-order valence-electron chi connectivity index (χ0n) is 16.4. The first-order valence-corrected chi connectivity index (χ1v) is 10.4. The van der Waals surface area contributed by atoms with Crippen LogP contribution in [0.5, 0.6) is 0 Å². The van der Waals surface area contributed by atoms with Crippen LogP contribution in [0.15, 0.2) is 71.7 Å². The molecule has 1 aliphatic rings. The highest BCUT2D eigenvalue weighted by atomic mass is 35.5. The zero-order chi connectivity index (χ0) is 20.1. The van der Waals surface area contributed by atoms with E-state index in [1.807, 2.05) is 36.4 Å². The summed E-state index contributed by atoms with van der Waals surface area (Å²) in [5, 5.41) is 4.63. The van der Waals surface area contributed by atoms with Crippen LogP contribution in [0.4, 0.5) is 5.69 Å². The van der Waals surface area contributed by atoms with Gasteiger partial charge in [0.25, 0.3) is 5.56 Å². The van der Waals surface area contributed by atoms with Crippen molar-refractivity contribution in [2.24, 2.45) is 0 Å². The summed E-state index contributed by atoms with van der Waals surface area (Å²) >= 11 is 6.45. The molecule has 1 saturated heterocycles. The van der Waals surface area contributed by atoms with Crippen LogP contribution in [0, 0.1) is 0 Å². The molecular weight excluding hydrogens is 384 g/mol. The van der Waals surface area contributed by atoms with Crippen molar-refractivity contribution in [3.8, 4) is 0 Å². The first-order valence-electron chi connectivity index (χ1n) is 10.0. The predicted molar refractivity (Wildman–Crippen MR) is 118 cm³/mol. The summed E-state index contributed by atoms with van der Waals surface area (Å²) in [7, 11) is 0. The average molecular weight is 409 g/mol. The van der Waals surface area contributed by atoms with Crippen molar-refractivity contribution in [2.75, 3.05) is 37.6 Å². The number of rotatable bonds is 6. The number of anilines is 1. The summed E-state index contributed by atoms with van der Waals surface area (Å²) in [5.74, 6) is 0. The fourth-order valence-corrected chi connectivity index (χ4v) is 3.96. The predicted octanol–water partition coefficient (Wildman–Crippen LogP) is 3.31. The lowest BCUT2D eigenvalue weighted by Crippen LogP contribution is -2.47. The van der Waals surface area contributed by atoms with E-state index in [-0.39, 0.29) is 10.6 Å². The van der Waals surface area contributed by atoms with E-state index in [1.165, 1.54) is 10.2 Å². The summed E-state index contributed by atoms with van der Waals surface area (Å²) in [4.78, 5) is 17.3. The number of hydrogen-bond donors (Lipinski definition) is 0. The van der Waals surface area contributed by atoms with Crippen LogP contribution >= 0.6 is 11.6 Å². The van der Waals surface area contributed by atoms with E-state index >= 15 is 0 Å². The second kappa shape index (κ2) is 9.25. The summed E-state index contributed by atoms with van der Waals surface area (Å²) in [5.41, 5.74) is 2.89. The van der Waals surface area contributed by atoms with Gasteiger partial charge in [-0.05, 0) is 17.5 Å². The van der Waals surface area contributed by atoms with Crippen molar-refractivity contribution in [1.82, 2.24) is 14.7 Å². The second-order valence-corrected chi connectivity index (χ2v) is 7.73. The van der Waals surface area contributed by atoms with Gasteiger partial charge in [0.15, 0.2) is 0 Å². The molecule has 0 bridgehead atoms. The minimum atomic E-state index is -0.237. The van der Waals surface area contributed by atoms with Crippen molar-refractivity contribution in [2.45, 2.75) is 13.0 Å². The van der Waals surface area contributed by atoms with E-state index in [4.69, 9.17) is 11.6 Å². The minimum absolute atomic E-state index is 0.237. The molecule has 0 amide bonds. The van der Waals surface area contributed by atoms with Gasteiger partial charge in [-0.2, -0.15) is 5.10 Å². The Hall–Kier alpha value is -2.63. The second-order valence-electron chi connectivity index (χ2n) is 7.36. The van der Waals surface area contributed by atoms with Crippen LogP contribution < -0.4 is 10.5 Å². The highest BCUT2D eigenvalue weighted by Crippen LogP contribution is 2.22. The lowest BCUT2D eigenvalue weighted by atomic mass is 10.1. The highest BCUT2D eigenvalue weighted by molar-refractivity contribution is 6.33. The van der Waals surface area contributed by atoms with E-state index in [9.17, 15) is 4.79 Å². The van der Waals surface area contributed by atoms with Crippen molar-refractivity contribution in [3.05, 3.63) is 93.4 Å². The topological polar surface area (TPSA) is 41.4 Å². The monoisotopic (exact) mass is 408 g/mol. The Morgan fingerprint density at radius 3 is 2.14 bits per heavy atom. The molecule has 1 fully saturated rings. The largest absolute Gasteiger partial charge is 0.366 e. The van der Waals surface area contributed by atoms with Gasteiger partial charge in [0.1, 0.15) is 5.02 Å². The molecule has 5 nitrogen and oxygen atoms in total. The van der Waals surface area contributed by atoms with Crippen LogP contribution in [0.25, 0.3) is 0 Å². The molecular formula is C23H25ClN4O. The smallest absolute Gasteiger partial charge is 0.287 e. The first kappa shape index (κ1) is 19.7. The van der Waals surface area contributed by atoms with Crippen molar-refractivity contribution in [1.29, 1.82) is 0 Å². The molecule has 0 N–H and O–H groups in total. The normalized spacial score (nSPS) is 14.9. The Morgan fingerprint density at radius 1 is 0.862 bits per heavy atom. The van der Waals surface area contributed by atoms with Crippen molar-refractivity contribution >= 4 is 17.3 Å². The number of hydrogen-bond acceptors (Lipinski definition) is 4. The van der Waals surface area contributed by atoms with Gasteiger partial charge in [-0.25, -0.2) is 4.68 Å². The van der Waals surface area contributed by atoms with Gasteiger partial charge in [0.05, 0.1) is 18.4 Å². The van der Waals surface area contributed by atoms with Crippen molar-refractivity contribution < 1.29 is 0 Å². The third-order valence-corrected chi connectivity index (χ3v) is 5.77. The average Bonchev–Trinajstić information content (AvgIpc) is 2.78. The molecule has 3 aromatic rings. The lowest BCUT2D eigenvalue weighted by Gasteiger charge is -2.36. The molecule has 0 radical (unpaired) electrons. The SMILES string of the molecule is O=c1c(Cl)c(N2CCN(CCc3ccccc3)CC2)cnn1Cc1ccccc1. The maximum Gasteiger partial charge on any atom is 0.287 e. The Kier molecular flexibility index (Phi) is 6.27. The van der Waals surface area contributed by atoms with Gasteiger partial charge in [-0.15, -0.1) is 0 Å². The van der Waals surface area contributed by atoms with E-state index in [0.29, 0.717) is 6.54 Å². The first-order chi connectivity index (χ1) is 14.2. The molecule has 2 aromatic carbocycles. The molecule has 2 heterocycles. The van der Waals surface area contributed by atoms with E-state index in [0.717, 1.165) is 50.4 Å². The standard InChI is InChI=1S/C23H25ClN4O/c24-22-21(17-25-28(23(22)29)18-20-9-5-2-6-10-20)27-15-13-26(14-16-27)12-11-19-7-3-1-4-8-19/h1-10,17H,11-16,18H2. The number of aromatic nitrogens is 2. The van der Waals surface area contributed by atoms with Crippen LogP contribution in [-0.4, -0.2) is 47.4 Å². The Labute approximate surface area is 176 Å². The number of benzene rings is 2. The Balaban J connectivity index is 1.37. The Bertz CT molecular complexity index is 983. The summed E-state index contributed by atoms with van der Waals surface area (Å²) in [6.07, 6.45) is 2.78. The molecule has 1 aliphatic heterocycles. The van der Waals surface area contributed by atoms with Gasteiger partial charge in [-0.1, -0.05) is 72.3 Å². The lowest BCUT2D eigenvalue weighted by molar-refractivity contribution is 0.261. The highest BCUT2D eigenvalue weighted by Gasteiger charge is 2.21. The van der Waals surface area contributed by atoms with E-state index in [1.54, 1.807) is 6.20 Å². The molecule has 6 heteroatoms. The molecule has 150 valence electrons. The number of nitrogens with zero attached hydrogens (tertiary/aromatic N) is 4. The van der Waals surface area contributed by atoms with Gasteiger partial charge in [0.2, 0.25) is 0 Å². The van der Waals surface area contributed by atoms with Gasteiger partial charge in [0, 0.05) is 32.7 Å². The molecule has 4 rings (SSSR count). The molecule has 1 aromatic heterocycles. The van der Waals surface area contributed by atoms with Crippen LogP contribution in [0.2, 0.25) is 5.02 Å². The molecule has 29 heavy (non-hydrogen) atoms. The van der Waals surface area contributed by atoms with E-state index in [2.05, 4.69) is 39.2 Å². The quantitative estimate of drug-likeness (QED) is 0.627. The summed E-state index contributed by atoms with van der Waals surface area (Å²) in [6, 6.07) is 20.4. The Morgan fingerprint density at radius 2 is 1.48 bits per heavy atom. The summed E-state index contributed by atoms with van der Waals surface area (Å²) in [6.45, 7) is 5.07. The van der Waals surface area contributed by atoms with Gasteiger partial charge in [-0.3, -0.25) is 9.69 Å². The fraction of sp³-hybridized carbons (Fsp3) is 0.304. The van der Waals surface area contributed by atoms with Crippen LogP contribution in [0.3, 0.4) is 0 Å². The van der Waals surface area contributed by atoms with Crippen LogP contribution in [0.1, 0.15) is 11.1 Å². The molecule has 0 aliphatic carbocycles. The minimum Gasteiger partial charge on any atom is -0.366 e. The molecule has 0 unspecified atom stereocenters. The molecule has 0 spiro atoms. The third-order valence-electron chi connectivity index (χ3n) is 5.41. The number of halogens is 1. The zero-order valence-corrected chi connectivity index (χ0v) is 17.1. The maximum atomic E-state index is 12.7. The van der Waals surface area contributed by atoms with Crippen molar-refractivity contribution in [3.63, 3.8) is 0 Å². The third kappa shape index (κ3) is 4.86. The van der Waals surface area contributed by atoms with Crippen LogP contribution in [-0.2, 0) is 13.0 Å². The number of piperazine rings is 1. The van der Waals surface area contributed by atoms with E-state index < -0.39 is 0 Å². The molecule has 0 saturated carbocycles. The summed E-state index contributed by atoms with van der Waals surface area (Å²) < 4.78 is 1.43.